The van der Waals surface area contributed by atoms with E-state index in [2.05, 4.69) is 217 Å². The van der Waals surface area contributed by atoms with Gasteiger partial charge in [0.2, 0.25) is 0 Å². The molecular formula is C84H53N3SSi. The first kappa shape index (κ1) is 37.5. The normalized spacial score (nSPS) is 14.6. The molecule has 19 aromatic rings. The van der Waals surface area contributed by atoms with Crippen molar-refractivity contribution in [1.82, 2.24) is 13.7 Å². The van der Waals surface area contributed by atoms with E-state index in [0.717, 1.165) is 75.2 Å². The van der Waals surface area contributed by atoms with Crippen LogP contribution in [0.3, 0.4) is 0 Å². The van der Waals surface area contributed by atoms with Crippen molar-refractivity contribution in [3.05, 3.63) is 321 Å². The number of hydrogen-bond acceptors (Lipinski definition) is 1. The minimum absolute atomic E-state index is 0.113. The second kappa shape index (κ2) is 19.5. The van der Waals surface area contributed by atoms with Crippen LogP contribution in [0.4, 0.5) is 0 Å². The second-order valence-corrected chi connectivity index (χ2v) is 27.6. The van der Waals surface area contributed by atoms with E-state index in [-0.39, 0.29) is 43.6 Å². The Labute approximate surface area is 539 Å². The lowest BCUT2D eigenvalue weighted by Gasteiger charge is -2.35. The van der Waals surface area contributed by atoms with Crippen molar-refractivity contribution in [2.75, 3.05) is 0 Å². The van der Waals surface area contributed by atoms with Crippen molar-refractivity contribution in [2.45, 2.75) is 0 Å². The van der Waals surface area contributed by atoms with Gasteiger partial charge >= 0.3 is 0 Å². The summed E-state index contributed by atoms with van der Waals surface area (Å²) >= 11 is 1.81. The summed E-state index contributed by atoms with van der Waals surface area (Å²) in [5.41, 5.74) is 3.42. The molecule has 0 unspecified atom stereocenters. The molecule has 19 rings (SSSR count). The van der Waals surface area contributed by atoms with Gasteiger partial charge in [-0.15, -0.1) is 11.3 Å². The number of aromatic nitrogens is 3. The van der Waals surface area contributed by atoms with Gasteiger partial charge in [0.05, 0.1) is 53.7 Å². The third-order valence-corrected chi connectivity index (χ3v) is 24.3. The number of para-hydroxylation sites is 3. The molecule has 0 saturated heterocycles. The number of benzene rings is 15. The summed E-state index contributed by atoms with van der Waals surface area (Å²) in [4.78, 5) is 0. The van der Waals surface area contributed by atoms with Crippen LogP contribution in [0.25, 0.3) is 146 Å². The van der Waals surface area contributed by atoms with Crippen molar-refractivity contribution in [3.8, 4) is 28.2 Å². The van der Waals surface area contributed by atoms with Crippen molar-refractivity contribution in [1.29, 1.82) is 0 Å². The van der Waals surface area contributed by atoms with Crippen molar-refractivity contribution >= 4 is 158 Å². The van der Waals surface area contributed by atoms with Crippen LogP contribution < -0.4 is 20.7 Å². The Morgan fingerprint density at radius 3 is 1.46 bits per heavy atom. The Hall–Kier alpha value is -11.1. The lowest BCUT2D eigenvalue weighted by Crippen LogP contribution is -2.74. The molecule has 15 aromatic carbocycles. The average molecular weight is 1180 g/mol. The van der Waals surface area contributed by atoms with Crippen LogP contribution in [0.15, 0.2) is 321 Å². The predicted molar refractivity (Wildman–Crippen MR) is 384 cm³/mol. The van der Waals surface area contributed by atoms with E-state index in [1.165, 1.54) is 40.3 Å². The summed E-state index contributed by atoms with van der Waals surface area (Å²) in [6.45, 7) is 0. The molecule has 0 aliphatic rings. The fourth-order valence-electron chi connectivity index (χ4n) is 14.6. The molecule has 0 aliphatic carbocycles. The van der Waals surface area contributed by atoms with Gasteiger partial charge in [-0.3, -0.25) is 0 Å². The topological polar surface area (TPSA) is 14.8 Å². The maximum absolute atomic E-state index is 10.4. The highest BCUT2D eigenvalue weighted by molar-refractivity contribution is 7.26. The third-order valence-electron chi connectivity index (χ3n) is 18.3. The van der Waals surface area contributed by atoms with E-state index in [0.29, 0.717) is 11.2 Å². The predicted octanol–water partition coefficient (Wildman–Crippen LogP) is 19.8. The van der Waals surface area contributed by atoms with Gasteiger partial charge in [-0.25, -0.2) is 0 Å². The molecule has 0 fully saturated rings. The molecule has 3 nitrogen and oxygen atoms in total. The van der Waals surface area contributed by atoms with Gasteiger partial charge in [-0.2, -0.15) is 0 Å². The summed E-state index contributed by atoms with van der Waals surface area (Å²) in [5.74, 6) is 0. The van der Waals surface area contributed by atoms with E-state index < -0.39 is 104 Å². The van der Waals surface area contributed by atoms with E-state index >= 15 is 0 Å². The number of rotatable bonds is 8. The highest BCUT2D eigenvalue weighted by Gasteiger charge is 2.42. The van der Waals surface area contributed by atoms with Crippen molar-refractivity contribution in [3.63, 3.8) is 0 Å². The molecular weight excluding hydrogens is 1110 g/mol. The van der Waals surface area contributed by atoms with Crippen LogP contribution in [-0.4, -0.2) is 21.8 Å². The summed E-state index contributed by atoms with van der Waals surface area (Å²) < 4.78 is 148. The van der Waals surface area contributed by atoms with E-state index in [9.17, 15) is 11.0 Å². The van der Waals surface area contributed by atoms with Crippen LogP contribution in [0.5, 0.6) is 0 Å². The van der Waals surface area contributed by atoms with Gasteiger partial charge in [0.25, 0.3) is 0 Å². The minimum atomic E-state index is -3.26. The molecule has 0 amide bonds. The SMILES string of the molecule is [2H]c1c([2H])c([2H])c2c(c1[2H])c1c([2H])c(-n3c4c([2H])c([2H])c([2H])c([2H])c4c4c([2H])c([2H])c([2H])c([2H])c43)c([2H])c([2H])c1n2-c1ccc2c3c4c5ccccc5c5ccccc5c4ccc3n(-c3ccc([Si](c4ccccc4)(c4ccccc4)c4cccc(-c5cccc6c5sc5ccccc56)c4)cc3)c2c1. The Kier molecular flexibility index (Phi) is 8.19. The monoisotopic (exact) mass is 1180 g/mol. The molecule has 4 heterocycles. The van der Waals surface area contributed by atoms with Crippen molar-refractivity contribution in [2.24, 2.45) is 0 Å². The highest BCUT2D eigenvalue weighted by atomic mass is 32.1. The first-order chi connectivity index (χ1) is 50.4. The van der Waals surface area contributed by atoms with Crippen LogP contribution >= 0.6 is 11.3 Å². The number of thiophene rings is 1. The van der Waals surface area contributed by atoms with Crippen LogP contribution in [0.1, 0.15) is 20.6 Å². The lowest BCUT2D eigenvalue weighted by atomic mass is 9.92. The highest BCUT2D eigenvalue weighted by Crippen LogP contribution is 2.46. The van der Waals surface area contributed by atoms with Gasteiger partial charge in [0, 0.05) is 74.9 Å². The maximum atomic E-state index is 10.4. The fourth-order valence-corrected chi connectivity index (χ4v) is 20.6. The molecule has 89 heavy (non-hydrogen) atoms. The summed E-state index contributed by atoms with van der Waals surface area (Å²) in [6, 6.07) is 72.0. The largest absolute Gasteiger partial charge is 0.309 e. The van der Waals surface area contributed by atoms with Crippen LogP contribution in [0.2, 0.25) is 0 Å². The minimum Gasteiger partial charge on any atom is -0.309 e. The zero-order valence-electron chi connectivity index (χ0n) is 62.2. The zero-order chi connectivity index (χ0) is 71.4. The Morgan fingerprint density at radius 1 is 0.281 bits per heavy atom. The Morgan fingerprint density at radius 2 is 0.775 bits per heavy atom. The molecule has 4 aromatic heterocycles. The number of hydrogen-bond donors (Lipinski definition) is 0. The molecule has 0 spiro atoms. The molecule has 0 radical (unpaired) electrons. The van der Waals surface area contributed by atoms with Gasteiger partial charge in [0.15, 0.2) is 8.07 Å². The third kappa shape index (κ3) is 7.26. The molecule has 0 atom stereocenters. The second-order valence-electron chi connectivity index (χ2n) is 22.7. The fraction of sp³-hybridized carbons (Fsp3) is 0. The molecule has 0 saturated carbocycles. The van der Waals surface area contributed by atoms with E-state index in [1.807, 2.05) is 29.5 Å². The summed E-state index contributed by atoms with van der Waals surface area (Å²) in [6.07, 6.45) is 0. The maximum Gasteiger partial charge on any atom is 0.179 e. The standard InChI is InChI=1S/C84H53N3SSi/c1-3-22-58(23-4-1)89(59-24-5-2-6-25-59,61-26-19-21-54(51-61)62-35-20-36-72-69-33-14-18-40-81(69)88-84(62)72)60-45-41-55(42-46-60)85-79-50-48-71-65-29-8-7-27-63(65)64-28-9-10-34-70(64)82(71)83(79)73-47-43-57(53-80(73)85)87-77-39-17-13-32-68(77)74-52-56(44-49-78(74)87)86-75-37-15-11-30-66(75)67-31-12-16-38-76(67)86/h1-53H/i11D,12D,13D,15D,16D,17D,30D,31D,32D,37D,38D,39D,44D,49D,52D. The van der Waals surface area contributed by atoms with Crippen LogP contribution in [0, 0.1) is 0 Å². The number of fused-ring (bicyclic) bond motifs is 19. The van der Waals surface area contributed by atoms with Crippen molar-refractivity contribution < 1.29 is 20.6 Å². The smallest absolute Gasteiger partial charge is 0.179 e. The van der Waals surface area contributed by atoms with Gasteiger partial charge < -0.3 is 13.7 Å². The average Bonchev–Trinajstić information content (AvgIpc) is 1.53. The first-order valence-electron chi connectivity index (χ1n) is 37.0. The van der Waals surface area contributed by atoms with E-state index in [1.54, 1.807) is 0 Å². The molecule has 0 aliphatic heterocycles. The van der Waals surface area contributed by atoms with E-state index in [4.69, 9.17) is 9.60 Å². The zero-order valence-corrected chi connectivity index (χ0v) is 49.0. The molecule has 5 heteroatoms. The molecule has 0 bridgehead atoms. The van der Waals surface area contributed by atoms with Gasteiger partial charge in [0.1, 0.15) is 0 Å². The van der Waals surface area contributed by atoms with Gasteiger partial charge in [-0.05, 0) is 131 Å². The number of nitrogens with zero attached hydrogens (tertiary/aromatic N) is 3. The molecule has 0 N–H and O–H groups in total. The van der Waals surface area contributed by atoms with Crippen LogP contribution in [-0.2, 0) is 0 Å². The lowest BCUT2D eigenvalue weighted by molar-refractivity contribution is 1.15. The summed E-state index contributed by atoms with van der Waals surface area (Å²) in [7, 11) is -3.26. The van der Waals surface area contributed by atoms with Gasteiger partial charge in [-0.1, -0.05) is 249 Å². The Bertz CT molecular complexity index is 6900. The summed E-state index contributed by atoms with van der Waals surface area (Å²) in [5, 5.41) is 14.3. The quantitative estimate of drug-likeness (QED) is 0.0818. The molecule has 414 valence electrons. The first-order valence-corrected chi connectivity index (χ1v) is 32.3. The Balaban J connectivity index is 0.899.